The molecule has 2 amide bonds. The predicted molar refractivity (Wildman–Crippen MR) is 164 cm³/mol. The number of Topliss-reactive ketones (excluding diaryl/α,β-unsaturated/α-hetero) is 1. The van der Waals surface area contributed by atoms with Crippen LogP contribution in [0.1, 0.15) is 57.6 Å². The molecule has 10 heteroatoms. The molecule has 228 valence electrons. The molecule has 1 N–H and O–H groups in total. The molecule has 0 unspecified atom stereocenters. The van der Waals surface area contributed by atoms with Gasteiger partial charge in [-0.1, -0.05) is 18.2 Å². The second-order valence-electron chi connectivity index (χ2n) is 12.5. The van der Waals surface area contributed by atoms with E-state index in [1.807, 2.05) is 26.8 Å². The molecule has 0 saturated carbocycles. The minimum Gasteiger partial charge on any atom is -0.444 e. The van der Waals surface area contributed by atoms with Gasteiger partial charge in [-0.05, 0) is 94.6 Å². The fourth-order valence-corrected chi connectivity index (χ4v) is 4.57. The van der Waals surface area contributed by atoms with Crippen molar-refractivity contribution < 1.29 is 28.2 Å². The number of ketones is 1. The van der Waals surface area contributed by atoms with E-state index in [4.69, 9.17) is 9.47 Å². The van der Waals surface area contributed by atoms with Crippen molar-refractivity contribution in [2.75, 3.05) is 36.4 Å². The van der Waals surface area contributed by atoms with Gasteiger partial charge >= 0.3 is 12.2 Å². The predicted octanol–water partition coefficient (Wildman–Crippen LogP) is 6.72. The summed E-state index contributed by atoms with van der Waals surface area (Å²) in [4.78, 5) is 46.5. The summed E-state index contributed by atoms with van der Waals surface area (Å²) in [5, 5.41) is 2.75. The van der Waals surface area contributed by atoms with Crippen molar-refractivity contribution in [3.63, 3.8) is 0 Å². The molecule has 43 heavy (non-hydrogen) atoms. The van der Waals surface area contributed by atoms with Crippen LogP contribution in [0.2, 0.25) is 0 Å². The number of rotatable bonds is 6. The smallest absolute Gasteiger partial charge is 0.412 e. The van der Waals surface area contributed by atoms with E-state index in [0.29, 0.717) is 37.4 Å². The van der Waals surface area contributed by atoms with E-state index in [2.05, 4.69) is 15.2 Å². The van der Waals surface area contributed by atoms with Gasteiger partial charge in [-0.2, -0.15) is 0 Å². The third-order valence-corrected chi connectivity index (χ3v) is 6.60. The number of nitrogens with zero attached hydrogens (tertiary/aromatic N) is 3. The zero-order valence-electron chi connectivity index (χ0n) is 25.6. The number of nitrogens with one attached hydrogen (secondary N) is 1. The largest absolute Gasteiger partial charge is 0.444 e. The number of pyridine rings is 1. The average Bonchev–Trinajstić information content (AvgIpc) is 2.92. The number of hydrogen-bond donors (Lipinski definition) is 1. The van der Waals surface area contributed by atoms with Crippen molar-refractivity contribution in [3.05, 3.63) is 77.9 Å². The van der Waals surface area contributed by atoms with Gasteiger partial charge in [0.1, 0.15) is 22.7 Å². The van der Waals surface area contributed by atoms with E-state index in [9.17, 15) is 18.8 Å². The number of anilines is 2. The van der Waals surface area contributed by atoms with Crippen LogP contribution in [0.3, 0.4) is 0 Å². The Morgan fingerprint density at radius 2 is 1.47 bits per heavy atom. The van der Waals surface area contributed by atoms with Crippen LogP contribution in [0.15, 0.2) is 60.8 Å². The standard InChI is InChI=1S/C33H39FN4O5/c1-32(2,3)42-30(40)36-27-13-9-23(22-7-10-25(34)11-8-22)19-24(27)20-29(39)28-14-12-26(21-35-28)37-15-17-38(18-16-37)31(41)43-33(4,5)6/h7-14,19,21H,15-18,20H2,1-6H3,(H,36,40). The maximum atomic E-state index is 13.5. The van der Waals surface area contributed by atoms with Crippen molar-refractivity contribution >= 4 is 29.3 Å². The Hall–Kier alpha value is -4.47. The molecule has 3 aromatic rings. The average molecular weight is 591 g/mol. The van der Waals surface area contributed by atoms with Crippen LogP contribution in [0.25, 0.3) is 11.1 Å². The van der Waals surface area contributed by atoms with Crippen molar-refractivity contribution in [2.45, 2.75) is 59.2 Å². The van der Waals surface area contributed by atoms with Crippen molar-refractivity contribution in [2.24, 2.45) is 0 Å². The van der Waals surface area contributed by atoms with E-state index in [0.717, 1.165) is 16.8 Å². The first-order valence-electron chi connectivity index (χ1n) is 14.3. The number of hydrogen-bond acceptors (Lipinski definition) is 7. The number of aromatic nitrogens is 1. The Bertz CT molecular complexity index is 1450. The number of carbonyl (C=O) groups excluding carboxylic acids is 3. The van der Waals surface area contributed by atoms with Gasteiger partial charge in [-0.15, -0.1) is 0 Å². The number of piperazine rings is 1. The van der Waals surface area contributed by atoms with Crippen LogP contribution in [0.4, 0.5) is 25.4 Å². The van der Waals surface area contributed by atoms with Gasteiger partial charge in [0.05, 0.1) is 11.9 Å². The molecule has 1 fully saturated rings. The highest BCUT2D eigenvalue weighted by molar-refractivity contribution is 5.98. The number of ether oxygens (including phenoxy) is 2. The molecule has 2 heterocycles. The van der Waals surface area contributed by atoms with Gasteiger partial charge in [0.15, 0.2) is 5.78 Å². The molecule has 1 aliphatic heterocycles. The highest BCUT2D eigenvalue weighted by Crippen LogP contribution is 2.28. The Balaban J connectivity index is 1.47. The minimum atomic E-state index is -0.692. The Morgan fingerprint density at radius 3 is 2.05 bits per heavy atom. The van der Waals surface area contributed by atoms with Gasteiger partial charge in [-0.25, -0.2) is 14.0 Å². The monoisotopic (exact) mass is 590 g/mol. The van der Waals surface area contributed by atoms with Gasteiger partial charge < -0.3 is 19.3 Å². The highest BCUT2D eigenvalue weighted by Gasteiger charge is 2.26. The normalized spacial score (nSPS) is 13.8. The summed E-state index contributed by atoms with van der Waals surface area (Å²) in [5.41, 5.74) is 2.45. The summed E-state index contributed by atoms with van der Waals surface area (Å²) in [6.45, 7) is 13.1. The summed E-state index contributed by atoms with van der Waals surface area (Å²) in [6.07, 6.45) is 0.673. The molecule has 9 nitrogen and oxygen atoms in total. The molecule has 0 spiro atoms. The number of halogens is 1. The van der Waals surface area contributed by atoms with Crippen LogP contribution in [0.5, 0.6) is 0 Å². The zero-order chi connectivity index (χ0) is 31.4. The minimum absolute atomic E-state index is 0.0267. The topological polar surface area (TPSA) is 101 Å². The maximum absolute atomic E-state index is 13.5. The summed E-state index contributed by atoms with van der Waals surface area (Å²) in [6, 6.07) is 14.9. The first-order valence-corrected chi connectivity index (χ1v) is 14.3. The molecular weight excluding hydrogens is 551 g/mol. The number of benzene rings is 2. The highest BCUT2D eigenvalue weighted by atomic mass is 19.1. The van der Waals surface area contributed by atoms with Crippen molar-refractivity contribution in [1.29, 1.82) is 0 Å². The summed E-state index contributed by atoms with van der Waals surface area (Å²) in [7, 11) is 0. The lowest BCUT2D eigenvalue weighted by Crippen LogP contribution is -2.50. The second kappa shape index (κ2) is 12.8. The van der Waals surface area contributed by atoms with Gasteiger partial charge in [0.25, 0.3) is 0 Å². The molecule has 0 radical (unpaired) electrons. The molecule has 1 aromatic heterocycles. The molecule has 0 aliphatic carbocycles. The fraction of sp³-hybridized carbons (Fsp3) is 0.394. The Kier molecular flexibility index (Phi) is 9.37. The molecule has 0 bridgehead atoms. The van der Waals surface area contributed by atoms with Crippen molar-refractivity contribution in [1.82, 2.24) is 9.88 Å². The van der Waals surface area contributed by atoms with Crippen molar-refractivity contribution in [3.8, 4) is 11.1 Å². The third-order valence-electron chi connectivity index (χ3n) is 6.60. The van der Waals surface area contributed by atoms with E-state index in [-0.39, 0.29) is 29.8 Å². The van der Waals surface area contributed by atoms with Crippen LogP contribution in [0, 0.1) is 5.82 Å². The maximum Gasteiger partial charge on any atom is 0.412 e. The van der Waals surface area contributed by atoms with E-state index >= 15 is 0 Å². The quantitative estimate of drug-likeness (QED) is 0.318. The molecule has 1 saturated heterocycles. The molecule has 2 aromatic carbocycles. The molecule has 4 rings (SSSR count). The van der Waals surface area contributed by atoms with E-state index in [1.165, 1.54) is 12.1 Å². The van der Waals surface area contributed by atoms with Crippen LogP contribution < -0.4 is 10.2 Å². The van der Waals surface area contributed by atoms with Crippen LogP contribution in [-0.4, -0.2) is 65.2 Å². The molecule has 0 atom stereocenters. The lowest BCUT2D eigenvalue weighted by atomic mass is 9.98. The first kappa shape index (κ1) is 31.5. The van der Waals surface area contributed by atoms with E-state index in [1.54, 1.807) is 68.3 Å². The third kappa shape index (κ3) is 9.01. The Morgan fingerprint density at radius 1 is 0.837 bits per heavy atom. The first-order chi connectivity index (χ1) is 20.2. The molecule has 1 aliphatic rings. The lowest BCUT2D eigenvalue weighted by molar-refractivity contribution is 0.0240. The SMILES string of the molecule is CC(C)(C)OC(=O)Nc1ccc(-c2ccc(F)cc2)cc1CC(=O)c1ccc(N2CCN(C(=O)OC(C)(C)C)CC2)cn1. The van der Waals surface area contributed by atoms with Gasteiger partial charge in [-0.3, -0.25) is 15.1 Å². The number of amides is 2. The Labute approximate surface area is 252 Å². The van der Waals surface area contributed by atoms with E-state index < -0.39 is 17.3 Å². The lowest BCUT2D eigenvalue weighted by Gasteiger charge is -2.36. The van der Waals surface area contributed by atoms with Gasteiger partial charge in [0.2, 0.25) is 0 Å². The summed E-state index contributed by atoms with van der Waals surface area (Å²) < 4.78 is 24.4. The fourth-order valence-electron chi connectivity index (χ4n) is 4.57. The van der Waals surface area contributed by atoms with Gasteiger partial charge in [0, 0.05) is 38.3 Å². The number of carbonyl (C=O) groups is 3. The van der Waals surface area contributed by atoms with Crippen LogP contribution in [-0.2, 0) is 15.9 Å². The zero-order valence-corrected chi connectivity index (χ0v) is 25.6. The summed E-state index contributed by atoms with van der Waals surface area (Å²) in [5.74, 6) is -0.577. The summed E-state index contributed by atoms with van der Waals surface area (Å²) >= 11 is 0. The second-order valence-corrected chi connectivity index (χ2v) is 12.5. The molecular formula is C33H39FN4O5. The van der Waals surface area contributed by atoms with Crippen LogP contribution >= 0.6 is 0 Å².